The van der Waals surface area contributed by atoms with Gasteiger partial charge in [0, 0.05) is 50.4 Å². The number of ether oxygens (including phenoxy) is 1. The molecule has 3 fully saturated rings. The summed E-state index contributed by atoms with van der Waals surface area (Å²) in [5.41, 5.74) is 4.47. The first-order valence-electron chi connectivity index (χ1n) is 16.4. The molecular formula is C37H44N4O4. The van der Waals surface area contributed by atoms with Crippen molar-refractivity contribution in [3.05, 3.63) is 107 Å². The number of rotatable bonds is 9. The van der Waals surface area contributed by atoms with Gasteiger partial charge in [-0.05, 0) is 66.6 Å². The number of hydrogen-bond acceptors (Lipinski definition) is 5. The number of benzene rings is 3. The molecular weight excluding hydrogens is 564 g/mol. The van der Waals surface area contributed by atoms with E-state index in [4.69, 9.17) is 4.74 Å². The molecule has 0 bridgehead atoms. The van der Waals surface area contributed by atoms with Crippen molar-refractivity contribution < 1.29 is 19.1 Å². The van der Waals surface area contributed by atoms with E-state index < -0.39 is 0 Å². The van der Waals surface area contributed by atoms with Gasteiger partial charge in [-0.3, -0.25) is 9.69 Å². The molecule has 3 aromatic carbocycles. The molecule has 1 atom stereocenters. The van der Waals surface area contributed by atoms with Crippen LogP contribution in [0.4, 0.5) is 4.79 Å². The largest absolute Gasteiger partial charge is 0.465 e. The smallest absolute Gasteiger partial charge is 0.337 e. The molecule has 45 heavy (non-hydrogen) atoms. The van der Waals surface area contributed by atoms with Crippen molar-refractivity contribution in [2.45, 2.75) is 76.2 Å². The van der Waals surface area contributed by atoms with Gasteiger partial charge in [0.2, 0.25) is 0 Å². The van der Waals surface area contributed by atoms with Crippen LogP contribution in [0.3, 0.4) is 0 Å². The zero-order valence-corrected chi connectivity index (χ0v) is 26.2. The first-order valence-corrected chi connectivity index (χ1v) is 16.4. The van der Waals surface area contributed by atoms with Crippen LogP contribution in [0.2, 0.25) is 0 Å². The molecule has 1 saturated carbocycles. The first-order chi connectivity index (χ1) is 22.0. The van der Waals surface area contributed by atoms with E-state index in [1.54, 1.807) is 6.07 Å². The van der Waals surface area contributed by atoms with Gasteiger partial charge in [0.25, 0.3) is 5.91 Å². The van der Waals surface area contributed by atoms with Gasteiger partial charge in [-0.15, -0.1) is 0 Å². The third-order valence-corrected chi connectivity index (χ3v) is 9.64. The fourth-order valence-electron chi connectivity index (χ4n) is 7.18. The lowest BCUT2D eigenvalue weighted by molar-refractivity contribution is 0.0600. The second-order valence-electron chi connectivity index (χ2n) is 12.7. The average Bonchev–Trinajstić information content (AvgIpc) is 3.41. The number of hydrogen-bond donors (Lipinski definition) is 1. The van der Waals surface area contributed by atoms with Gasteiger partial charge in [0.05, 0.1) is 18.7 Å². The third kappa shape index (κ3) is 7.39. The number of methoxy groups -OCH3 is 1. The van der Waals surface area contributed by atoms with E-state index in [2.05, 4.69) is 39.4 Å². The standard InChI is InChI=1S/C37H44N4O4/c1-45-36(43)31-12-8-9-28(23-31)25-40-26-34(29-10-4-2-5-11-29)41(37(40)44)33-19-21-39(22-20-33)24-27-15-17-30(18-16-27)35(42)38-32-13-6-3-7-14-32/h2,4-5,8-12,15-18,23,32-34H,3,6-7,13-14,19-22,24-26H2,1H3,(H,38,42). The third-order valence-electron chi connectivity index (χ3n) is 9.64. The molecule has 2 aliphatic heterocycles. The Morgan fingerprint density at radius 2 is 1.53 bits per heavy atom. The summed E-state index contributed by atoms with van der Waals surface area (Å²) in [6.07, 6.45) is 7.64. The quantitative estimate of drug-likeness (QED) is 0.294. The number of carbonyl (C=O) groups excluding carboxylic acids is 3. The molecule has 1 aliphatic carbocycles. The van der Waals surface area contributed by atoms with Crippen LogP contribution >= 0.6 is 0 Å². The Labute approximate surface area is 266 Å². The number of urea groups is 1. The zero-order chi connectivity index (χ0) is 31.2. The minimum atomic E-state index is -0.378. The van der Waals surface area contributed by atoms with Crippen LogP contribution in [0, 0.1) is 0 Å². The number of carbonyl (C=O) groups is 3. The van der Waals surface area contributed by atoms with Crippen LogP contribution in [0.15, 0.2) is 78.9 Å². The Morgan fingerprint density at radius 3 is 2.24 bits per heavy atom. The molecule has 8 heteroatoms. The van der Waals surface area contributed by atoms with Gasteiger partial charge < -0.3 is 19.9 Å². The van der Waals surface area contributed by atoms with Crippen molar-refractivity contribution in [1.82, 2.24) is 20.0 Å². The molecule has 3 amide bonds. The molecule has 1 unspecified atom stereocenters. The van der Waals surface area contributed by atoms with Gasteiger partial charge >= 0.3 is 12.0 Å². The Kier molecular flexibility index (Phi) is 9.79. The summed E-state index contributed by atoms with van der Waals surface area (Å²) in [6.45, 7) is 3.68. The summed E-state index contributed by atoms with van der Waals surface area (Å²) in [6, 6.07) is 26.2. The summed E-state index contributed by atoms with van der Waals surface area (Å²) < 4.78 is 4.89. The van der Waals surface area contributed by atoms with Gasteiger partial charge in [-0.1, -0.05) is 73.9 Å². The summed E-state index contributed by atoms with van der Waals surface area (Å²) in [7, 11) is 1.38. The SMILES string of the molecule is COC(=O)c1cccc(CN2CC(c3ccccc3)N(C3CCN(Cc4ccc(C(=O)NC5CCCCC5)cc4)CC3)C2=O)c1. The number of nitrogens with zero attached hydrogens (tertiary/aromatic N) is 3. The maximum atomic E-state index is 14.0. The molecule has 2 heterocycles. The van der Waals surface area contributed by atoms with Crippen LogP contribution in [-0.4, -0.2) is 71.4 Å². The molecule has 1 N–H and O–H groups in total. The Bertz CT molecular complexity index is 1460. The van der Waals surface area contributed by atoms with Gasteiger partial charge in [0.15, 0.2) is 0 Å². The normalized spacial score (nSPS) is 19.9. The highest BCUT2D eigenvalue weighted by Gasteiger charge is 2.42. The maximum Gasteiger partial charge on any atom is 0.337 e. The number of likely N-dealkylation sites (tertiary alicyclic amines) is 1. The lowest BCUT2D eigenvalue weighted by Gasteiger charge is -2.39. The van der Waals surface area contributed by atoms with Crippen molar-refractivity contribution in [3.8, 4) is 0 Å². The summed E-state index contributed by atoms with van der Waals surface area (Å²) in [4.78, 5) is 45.2. The molecule has 3 aromatic rings. The van der Waals surface area contributed by atoms with E-state index in [0.29, 0.717) is 24.7 Å². The number of nitrogens with one attached hydrogen (secondary N) is 1. The molecule has 8 nitrogen and oxygen atoms in total. The van der Waals surface area contributed by atoms with E-state index in [-0.39, 0.29) is 30.0 Å². The summed E-state index contributed by atoms with van der Waals surface area (Å²) in [5, 5.41) is 3.21. The van der Waals surface area contributed by atoms with Gasteiger partial charge in [-0.2, -0.15) is 0 Å². The molecule has 0 radical (unpaired) electrons. The first kappa shape index (κ1) is 30.8. The van der Waals surface area contributed by atoms with E-state index in [0.717, 1.165) is 62.0 Å². The maximum absolute atomic E-state index is 14.0. The van der Waals surface area contributed by atoms with Crippen molar-refractivity contribution in [1.29, 1.82) is 0 Å². The Balaban J connectivity index is 1.07. The van der Waals surface area contributed by atoms with Crippen molar-refractivity contribution in [2.75, 3.05) is 26.7 Å². The molecule has 6 rings (SSSR count). The van der Waals surface area contributed by atoms with Crippen molar-refractivity contribution >= 4 is 17.9 Å². The highest BCUT2D eigenvalue weighted by molar-refractivity contribution is 5.94. The van der Waals surface area contributed by atoms with Crippen LogP contribution in [-0.2, 0) is 17.8 Å². The molecule has 236 valence electrons. The van der Waals surface area contributed by atoms with Crippen molar-refractivity contribution in [3.63, 3.8) is 0 Å². The Hall–Kier alpha value is -4.17. The van der Waals surface area contributed by atoms with Crippen LogP contribution < -0.4 is 5.32 Å². The lowest BCUT2D eigenvalue weighted by atomic mass is 9.95. The highest BCUT2D eigenvalue weighted by atomic mass is 16.5. The number of esters is 1. The highest BCUT2D eigenvalue weighted by Crippen LogP contribution is 2.35. The lowest BCUT2D eigenvalue weighted by Crippen LogP contribution is -2.47. The minimum Gasteiger partial charge on any atom is -0.465 e. The molecule has 0 spiro atoms. The van der Waals surface area contributed by atoms with E-state index in [1.807, 2.05) is 53.4 Å². The van der Waals surface area contributed by atoms with Crippen LogP contribution in [0.1, 0.15) is 88.4 Å². The van der Waals surface area contributed by atoms with Crippen LogP contribution in [0.25, 0.3) is 0 Å². The molecule has 2 saturated heterocycles. The number of piperidine rings is 1. The van der Waals surface area contributed by atoms with E-state index in [1.165, 1.54) is 31.9 Å². The monoisotopic (exact) mass is 608 g/mol. The minimum absolute atomic E-state index is 0.0219. The van der Waals surface area contributed by atoms with Crippen molar-refractivity contribution in [2.24, 2.45) is 0 Å². The van der Waals surface area contributed by atoms with Gasteiger partial charge in [-0.25, -0.2) is 9.59 Å². The molecule has 3 aliphatic rings. The second-order valence-corrected chi connectivity index (χ2v) is 12.7. The fraction of sp³-hybridized carbons (Fsp3) is 0.432. The average molecular weight is 609 g/mol. The predicted octanol–water partition coefficient (Wildman–Crippen LogP) is 6.18. The van der Waals surface area contributed by atoms with E-state index in [9.17, 15) is 14.4 Å². The summed E-state index contributed by atoms with van der Waals surface area (Å²) >= 11 is 0. The zero-order valence-electron chi connectivity index (χ0n) is 26.2. The molecule has 0 aromatic heterocycles. The fourth-order valence-corrected chi connectivity index (χ4v) is 7.18. The second kappa shape index (κ2) is 14.3. The van der Waals surface area contributed by atoms with E-state index >= 15 is 0 Å². The van der Waals surface area contributed by atoms with Crippen LogP contribution in [0.5, 0.6) is 0 Å². The van der Waals surface area contributed by atoms with Gasteiger partial charge in [0.1, 0.15) is 0 Å². The predicted molar refractivity (Wildman–Crippen MR) is 174 cm³/mol. The number of amides is 3. The topological polar surface area (TPSA) is 82.2 Å². The Morgan fingerprint density at radius 1 is 0.800 bits per heavy atom. The summed E-state index contributed by atoms with van der Waals surface area (Å²) in [5.74, 6) is -0.348.